The van der Waals surface area contributed by atoms with Gasteiger partial charge >= 0.3 is 0 Å². The van der Waals surface area contributed by atoms with E-state index in [2.05, 4.69) is 21.5 Å². The minimum absolute atomic E-state index is 0.170. The lowest BCUT2D eigenvalue weighted by atomic mass is 10.0. The number of pyridine rings is 1. The first-order valence-electron chi connectivity index (χ1n) is 7.72. The first-order chi connectivity index (χ1) is 11.2. The van der Waals surface area contributed by atoms with Crippen molar-refractivity contribution in [1.82, 2.24) is 20.1 Å². The molecule has 3 rings (SSSR count). The van der Waals surface area contributed by atoms with Crippen LogP contribution in [0.2, 0.25) is 0 Å². The maximum absolute atomic E-state index is 11.4. The fraction of sp³-hybridized carbons (Fsp3) is 0.353. The molecule has 0 aromatic carbocycles. The lowest BCUT2D eigenvalue weighted by Crippen LogP contribution is -2.32. The fourth-order valence-electron chi connectivity index (χ4n) is 2.63. The van der Waals surface area contributed by atoms with E-state index in [4.69, 9.17) is 0 Å². The molecule has 6 heteroatoms. The zero-order valence-corrected chi connectivity index (χ0v) is 13.9. The molecule has 0 radical (unpaired) electrons. The third-order valence-electron chi connectivity index (χ3n) is 3.68. The van der Waals surface area contributed by atoms with Crippen molar-refractivity contribution >= 4 is 23.0 Å². The van der Waals surface area contributed by atoms with Crippen molar-refractivity contribution in [3.05, 3.63) is 53.6 Å². The largest absolute Gasteiger partial charge is 0.313 e. The Hall–Kier alpha value is -1.92. The Balaban J connectivity index is 1.72. The van der Waals surface area contributed by atoms with Crippen LogP contribution in [-0.2, 0) is 11.3 Å². The molecule has 1 saturated heterocycles. The summed E-state index contributed by atoms with van der Waals surface area (Å²) in [5, 5.41) is 8.39. The molecule has 0 aliphatic carbocycles. The molecule has 23 heavy (non-hydrogen) atoms. The first kappa shape index (κ1) is 16.0. The van der Waals surface area contributed by atoms with Crippen LogP contribution in [0.15, 0.2) is 42.2 Å². The van der Waals surface area contributed by atoms with Crippen molar-refractivity contribution in [2.24, 2.45) is 0 Å². The van der Waals surface area contributed by atoms with E-state index in [1.165, 1.54) is 17.3 Å². The number of piperidine rings is 1. The van der Waals surface area contributed by atoms with Crippen LogP contribution >= 0.6 is 11.8 Å². The molecule has 1 N–H and O–H groups in total. The second-order valence-corrected chi connectivity index (χ2v) is 6.92. The van der Waals surface area contributed by atoms with Crippen LogP contribution in [0.4, 0.5) is 0 Å². The van der Waals surface area contributed by atoms with Crippen LogP contribution in [-0.4, -0.2) is 38.2 Å². The maximum Gasteiger partial charge on any atom is 0.186 e. The third-order valence-corrected chi connectivity index (χ3v) is 4.83. The predicted octanol–water partition coefficient (Wildman–Crippen LogP) is 2.35. The van der Waals surface area contributed by atoms with Crippen molar-refractivity contribution in [1.29, 1.82) is 0 Å². The summed E-state index contributed by atoms with van der Waals surface area (Å²) >= 11 is 1.42. The van der Waals surface area contributed by atoms with Gasteiger partial charge in [-0.1, -0.05) is 17.8 Å². The van der Waals surface area contributed by atoms with E-state index in [9.17, 15) is 4.79 Å². The van der Waals surface area contributed by atoms with Crippen molar-refractivity contribution in [2.75, 3.05) is 13.1 Å². The highest BCUT2D eigenvalue weighted by Gasteiger charge is 2.21. The Morgan fingerprint density at radius 1 is 1.48 bits per heavy atom. The lowest BCUT2D eigenvalue weighted by Gasteiger charge is -2.24. The molecule has 5 nitrogen and oxygen atoms in total. The van der Waals surface area contributed by atoms with Gasteiger partial charge in [0.2, 0.25) is 0 Å². The number of nitrogens with one attached hydrogen (secondary N) is 1. The zero-order valence-electron chi connectivity index (χ0n) is 13.1. The van der Waals surface area contributed by atoms with Crippen molar-refractivity contribution in [3.63, 3.8) is 0 Å². The summed E-state index contributed by atoms with van der Waals surface area (Å²) in [7, 11) is 0. The van der Waals surface area contributed by atoms with Gasteiger partial charge in [-0.2, -0.15) is 5.10 Å². The highest BCUT2D eigenvalue weighted by molar-refractivity contribution is 8.14. The second kappa shape index (κ2) is 7.57. The van der Waals surface area contributed by atoms with Crippen LogP contribution in [0.1, 0.15) is 24.7 Å². The molecule has 120 valence electrons. The Labute approximate surface area is 140 Å². The number of carbonyl (C=O) groups excluding carboxylic acids is 1. The summed E-state index contributed by atoms with van der Waals surface area (Å²) in [5.41, 5.74) is 3.15. The second-order valence-electron chi connectivity index (χ2n) is 5.54. The molecule has 2 aromatic rings. The highest BCUT2D eigenvalue weighted by atomic mass is 32.2. The summed E-state index contributed by atoms with van der Waals surface area (Å²) in [4.78, 5) is 15.7. The van der Waals surface area contributed by atoms with Crippen molar-refractivity contribution < 1.29 is 4.79 Å². The van der Waals surface area contributed by atoms with Crippen LogP contribution in [0.25, 0.3) is 6.08 Å². The lowest BCUT2D eigenvalue weighted by molar-refractivity contribution is -0.109. The Morgan fingerprint density at radius 3 is 3.17 bits per heavy atom. The average molecular weight is 328 g/mol. The minimum Gasteiger partial charge on any atom is -0.313 e. The summed E-state index contributed by atoms with van der Waals surface area (Å²) < 4.78 is 1.89. The van der Waals surface area contributed by atoms with E-state index in [1.54, 1.807) is 13.1 Å². The van der Waals surface area contributed by atoms with Gasteiger partial charge < -0.3 is 5.32 Å². The molecular formula is C17H20N4OS. The SMILES string of the molecule is CC(=O)SC1CCNC/C1=C\c1ccn(Cc2ccccn2)n1. The number of hydrogen-bond donors (Lipinski definition) is 1. The monoisotopic (exact) mass is 328 g/mol. The van der Waals surface area contributed by atoms with Crippen molar-refractivity contribution in [3.8, 4) is 0 Å². The van der Waals surface area contributed by atoms with E-state index < -0.39 is 0 Å². The molecule has 1 unspecified atom stereocenters. The van der Waals surface area contributed by atoms with E-state index in [1.807, 2.05) is 35.1 Å². The molecule has 1 atom stereocenters. The number of carbonyl (C=O) groups is 1. The number of rotatable bonds is 4. The van der Waals surface area contributed by atoms with Gasteiger partial charge in [-0.05, 0) is 42.8 Å². The van der Waals surface area contributed by atoms with Gasteiger partial charge in [-0.3, -0.25) is 14.5 Å². The van der Waals surface area contributed by atoms with Crippen molar-refractivity contribution in [2.45, 2.75) is 25.1 Å². The molecule has 1 fully saturated rings. The fourth-order valence-corrected chi connectivity index (χ4v) is 3.57. The topological polar surface area (TPSA) is 59.8 Å². The molecule has 2 aromatic heterocycles. The molecule has 3 heterocycles. The number of nitrogens with zero attached hydrogens (tertiary/aromatic N) is 3. The summed E-state index contributed by atoms with van der Waals surface area (Å²) in [6, 6.07) is 7.88. The molecule has 0 amide bonds. The Morgan fingerprint density at radius 2 is 2.39 bits per heavy atom. The maximum atomic E-state index is 11.4. The Bertz CT molecular complexity index is 696. The zero-order chi connectivity index (χ0) is 16.1. The standard InChI is InChI=1S/C17H20N4OS/c1-13(22)23-17-5-8-18-11-14(17)10-15-6-9-21(20-15)12-16-4-2-3-7-19-16/h2-4,6-7,9-10,17-18H,5,8,11-12H2,1H3/b14-10+. The van der Waals surface area contributed by atoms with E-state index in [0.29, 0.717) is 6.54 Å². The van der Waals surface area contributed by atoms with E-state index in [0.717, 1.165) is 30.9 Å². The summed E-state index contributed by atoms with van der Waals surface area (Å²) in [6.07, 6.45) is 6.83. The molecule has 0 saturated carbocycles. The van der Waals surface area contributed by atoms with Crippen LogP contribution in [0.3, 0.4) is 0 Å². The third kappa shape index (κ3) is 4.53. The summed E-state index contributed by atoms with van der Waals surface area (Å²) in [6.45, 7) is 4.06. The summed E-state index contributed by atoms with van der Waals surface area (Å²) in [5.74, 6) is 0. The molecule has 0 spiro atoms. The smallest absolute Gasteiger partial charge is 0.186 e. The minimum atomic E-state index is 0.170. The highest BCUT2D eigenvalue weighted by Crippen LogP contribution is 2.26. The predicted molar refractivity (Wildman–Crippen MR) is 93.1 cm³/mol. The van der Waals surface area contributed by atoms with Gasteiger partial charge in [-0.25, -0.2) is 0 Å². The van der Waals surface area contributed by atoms with E-state index in [-0.39, 0.29) is 10.4 Å². The quantitative estimate of drug-likeness (QED) is 0.933. The molecule has 1 aliphatic heterocycles. The van der Waals surface area contributed by atoms with Crippen LogP contribution in [0.5, 0.6) is 0 Å². The van der Waals surface area contributed by atoms with Gasteiger partial charge in [0.15, 0.2) is 5.12 Å². The van der Waals surface area contributed by atoms with E-state index >= 15 is 0 Å². The van der Waals surface area contributed by atoms with Crippen LogP contribution in [0, 0.1) is 0 Å². The average Bonchev–Trinajstić information content (AvgIpc) is 2.97. The Kier molecular flexibility index (Phi) is 5.25. The number of thioether (sulfide) groups is 1. The van der Waals surface area contributed by atoms with Gasteiger partial charge in [0.1, 0.15) is 0 Å². The number of aromatic nitrogens is 3. The van der Waals surface area contributed by atoms with Crippen LogP contribution < -0.4 is 5.32 Å². The van der Waals surface area contributed by atoms with Gasteiger partial charge in [0.25, 0.3) is 0 Å². The van der Waals surface area contributed by atoms with Gasteiger partial charge in [0, 0.05) is 31.1 Å². The molecular weight excluding hydrogens is 308 g/mol. The normalized spacial score (nSPS) is 19.9. The number of hydrogen-bond acceptors (Lipinski definition) is 5. The molecule has 1 aliphatic rings. The first-order valence-corrected chi connectivity index (χ1v) is 8.60. The van der Waals surface area contributed by atoms with Gasteiger partial charge in [0.05, 0.1) is 17.9 Å². The molecule has 0 bridgehead atoms. The van der Waals surface area contributed by atoms with Gasteiger partial charge in [-0.15, -0.1) is 0 Å².